The van der Waals surface area contributed by atoms with Gasteiger partial charge >= 0.3 is 5.97 Å². The van der Waals surface area contributed by atoms with Crippen molar-refractivity contribution in [2.24, 2.45) is 0 Å². The molecule has 1 fully saturated rings. The van der Waals surface area contributed by atoms with Crippen molar-refractivity contribution >= 4 is 16.0 Å². The summed E-state index contributed by atoms with van der Waals surface area (Å²) in [6.07, 6.45) is 0. The fourth-order valence-electron chi connectivity index (χ4n) is 2.19. The van der Waals surface area contributed by atoms with E-state index in [1.54, 1.807) is 0 Å². The summed E-state index contributed by atoms with van der Waals surface area (Å²) in [6, 6.07) is 3.82. The molecule has 1 N–H and O–H groups in total. The summed E-state index contributed by atoms with van der Waals surface area (Å²) >= 11 is 0. The Morgan fingerprint density at radius 2 is 1.86 bits per heavy atom. The third kappa shape index (κ3) is 3.17. The molecule has 1 heterocycles. The quantitative estimate of drug-likeness (QED) is 0.862. The SMILES string of the molecule is COc1cc(S(=O)(=O)N2CCN(C)CC2)ccc1C(=O)O. The van der Waals surface area contributed by atoms with E-state index in [2.05, 4.69) is 4.90 Å². The molecule has 1 saturated heterocycles. The normalized spacial score (nSPS) is 17.6. The van der Waals surface area contributed by atoms with Crippen LogP contribution in [0, 0.1) is 0 Å². The number of hydrogen-bond acceptors (Lipinski definition) is 5. The number of rotatable bonds is 4. The van der Waals surface area contributed by atoms with E-state index in [4.69, 9.17) is 9.84 Å². The number of aromatic carboxylic acids is 1. The number of benzene rings is 1. The molecule has 116 valence electrons. The molecule has 2 rings (SSSR count). The van der Waals surface area contributed by atoms with E-state index in [0.29, 0.717) is 26.2 Å². The minimum absolute atomic E-state index is 0.0395. The van der Waals surface area contributed by atoms with E-state index in [9.17, 15) is 13.2 Å². The molecule has 0 radical (unpaired) electrons. The van der Waals surface area contributed by atoms with E-state index in [0.717, 1.165) is 0 Å². The zero-order chi connectivity index (χ0) is 15.6. The van der Waals surface area contributed by atoms with Gasteiger partial charge in [0.15, 0.2) is 0 Å². The molecular weight excluding hydrogens is 296 g/mol. The summed E-state index contributed by atoms with van der Waals surface area (Å²) in [5.74, 6) is -1.12. The molecule has 1 aromatic rings. The number of hydrogen-bond donors (Lipinski definition) is 1. The maximum atomic E-state index is 12.5. The molecule has 8 heteroatoms. The number of carboxylic acids is 1. The smallest absolute Gasteiger partial charge is 0.339 e. The molecule has 0 amide bonds. The Morgan fingerprint density at radius 3 is 2.38 bits per heavy atom. The third-order valence-electron chi connectivity index (χ3n) is 3.50. The van der Waals surface area contributed by atoms with Gasteiger partial charge in [-0.15, -0.1) is 0 Å². The van der Waals surface area contributed by atoms with Crippen molar-refractivity contribution in [2.75, 3.05) is 40.3 Å². The lowest BCUT2D eigenvalue weighted by Crippen LogP contribution is -2.47. The van der Waals surface area contributed by atoms with Gasteiger partial charge in [0.25, 0.3) is 0 Å². The lowest BCUT2D eigenvalue weighted by Gasteiger charge is -2.31. The molecule has 1 aliphatic heterocycles. The highest BCUT2D eigenvalue weighted by atomic mass is 32.2. The van der Waals surface area contributed by atoms with Gasteiger partial charge in [0.2, 0.25) is 10.0 Å². The third-order valence-corrected chi connectivity index (χ3v) is 5.40. The van der Waals surface area contributed by atoms with Crippen molar-refractivity contribution in [1.29, 1.82) is 0 Å². The van der Waals surface area contributed by atoms with E-state index in [1.807, 2.05) is 7.05 Å². The first-order valence-corrected chi connectivity index (χ1v) is 7.90. The molecule has 7 nitrogen and oxygen atoms in total. The Morgan fingerprint density at radius 1 is 1.24 bits per heavy atom. The van der Waals surface area contributed by atoms with E-state index >= 15 is 0 Å². The lowest BCUT2D eigenvalue weighted by atomic mass is 10.2. The molecule has 0 saturated carbocycles. The van der Waals surface area contributed by atoms with E-state index < -0.39 is 16.0 Å². The number of piperazine rings is 1. The predicted molar refractivity (Wildman–Crippen MR) is 76.2 cm³/mol. The number of likely N-dealkylation sites (N-methyl/N-ethyl adjacent to an activating group) is 1. The summed E-state index contributed by atoms with van der Waals surface area (Å²) in [5, 5.41) is 9.02. The maximum Gasteiger partial charge on any atom is 0.339 e. The van der Waals surface area contributed by atoms with Crippen LogP contribution < -0.4 is 4.74 Å². The molecule has 0 aromatic heterocycles. The van der Waals surface area contributed by atoms with Crippen LogP contribution in [-0.4, -0.2) is 69.0 Å². The minimum Gasteiger partial charge on any atom is -0.496 e. The standard InChI is InChI=1S/C13H18N2O5S/c1-14-5-7-15(8-6-14)21(18,19)10-3-4-11(13(16)17)12(9-10)20-2/h3-4,9H,5-8H2,1-2H3,(H,16,17). The van der Waals surface area contributed by atoms with Gasteiger partial charge in [0.05, 0.1) is 12.0 Å². The van der Waals surface area contributed by atoms with E-state index in [1.165, 1.54) is 29.6 Å². The number of carboxylic acid groups (broad SMARTS) is 1. The average molecular weight is 314 g/mol. The largest absolute Gasteiger partial charge is 0.496 e. The molecule has 1 aromatic carbocycles. The van der Waals surface area contributed by atoms with Crippen LogP contribution in [0.2, 0.25) is 0 Å². The van der Waals surface area contributed by atoms with Crippen molar-refractivity contribution in [3.8, 4) is 5.75 Å². The molecule has 0 spiro atoms. The second-order valence-corrected chi connectivity index (χ2v) is 6.81. The highest BCUT2D eigenvalue weighted by molar-refractivity contribution is 7.89. The van der Waals surface area contributed by atoms with Crippen molar-refractivity contribution < 1.29 is 23.1 Å². The Balaban J connectivity index is 2.34. The second kappa shape index (κ2) is 6.00. The van der Waals surface area contributed by atoms with Gasteiger partial charge < -0.3 is 14.7 Å². The molecule has 0 atom stereocenters. The van der Waals surface area contributed by atoms with Crippen LogP contribution >= 0.6 is 0 Å². The number of nitrogens with zero attached hydrogens (tertiary/aromatic N) is 2. The summed E-state index contributed by atoms with van der Waals surface area (Å²) in [4.78, 5) is 13.1. The van der Waals surface area contributed by atoms with Gasteiger partial charge in [-0.05, 0) is 19.2 Å². The van der Waals surface area contributed by atoms with Gasteiger partial charge in [-0.3, -0.25) is 0 Å². The molecule has 0 aliphatic carbocycles. The number of ether oxygens (including phenoxy) is 1. The summed E-state index contributed by atoms with van der Waals surface area (Å²) < 4.78 is 31.5. The molecular formula is C13H18N2O5S. The highest BCUT2D eigenvalue weighted by Gasteiger charge is 2.28. The van der Waals surface area contributed by atoms with Crippen LogP contribution in [0.25, 0.3) is 0 Å². The summed E-state index contributed by atoms with van der Waals surface area (Å²) in [5.41, 5.74) is -0.0603. The Labute approximate surface area is 123 Å². The first-order chi connectivity index (χ1) is 9.86. The maximum absolute atomic E-state index is 12.5. The number of methoxy groups -OCH3 is 1. The minimum atomic E-state index is -3.63. The zero-order valence-corrected chi connectivity index (χ0v) is 12.8. The van der Waals surface area contributed by atoms with Gasteiger partial charge in [-0.25, -0.2) is 13.2 Å². The zero-order valence-electron chi connectivity index (χ0n) is 11.9. The second-order valence-electron chi connectivity index (χ2n) is 4.87. The van der Waals surface area contributed by atoms with Crippen LogP contribution in [-0.2, 0) is 10.0 Å². The van der Waals surface area contributed by atoms with Gasteiger partial charge in [-0.2, -0.15) is 4.31 Å². The number of carbonyl (C=O) groups is 1. The van der Waals surface area contributed by atoms with Gasteiger partial charge in [0.1, 0.15) is 11.3 Å². The Bertz CT molecular complexity index is 636. The van der Waals surface area contributed by atoms with Crippen molar-refractivity contribution in [3.05, 3.63) is 23.8 Å². The Kier molecular flexibility index (Phi) is 4.50. The lowest BCUT2D eigenvalue weighted by molar-refractivity contribution is 0.0693. The van der Waals surface area contributed by atoms with Crippen molar-refractivity contribution in [3.63, 3.8) is 0 Å². The summed E-state index contributed by atoms with van der Waals surface area (Å²) in [6.45, 7) is 2.18. The van der Waals surface area contributed by atoms with Crippen LogP contribution in [0.1, 0.15) is 10.4 Å². The van der Waals surface area contributed by atoms with Crippen molar-refractivity contribution in [1.82, 2.24) is 9.21 Å². The fourth-order valence-corrected chi connectivity index (χ4v) is 3.62. The predicted octanol–water partition coefficient (Wildman–Crippen LogP) is 0.330. The number of sulfonamides is 1. The van der Waals surface area contributed by atoms with Gasteiger partial charge in [0, 0.05) is 32.2 Å². The van der Waals surface area contributed by atoms with Crippen LogP contribution in [0.5, 0.6) is 5.75 Å². The molecule has 0 unspecified atom stereocenters. The monoisotopic (exact) mass is 314 g/mol. The first kappa shape index (κ1) is 15.7. The highest BCUT2D eigenvalue weighted by Crippen LogP contribution is 2.25. The first-order valence-electron chi connectivity index (χ1n) is 6.46. The van der Waals surface area contributed by atoms with E-state index in [-0.39, 0.29) is 16.2 Å². The summed E-state index contributed by atoms with van der Waals surface area (Å²) in [7, 11) is -0.374. The molecule has 1 aliphatic rings. The fraction of sp³-hybridized carbons (Fsp3) is 0.462. The van der Waals surface area contributed by atoms with Crippen LogP contribution in [0.4, 0.5) is 0 Å². The molecule has 21 heavy (non-hydrogen) atoms. The van der Waals surface area contributed by atoms with Crippen molar-refractivity contribution in [2.45, 2.75) is 4.90 Å². The van der Waals surface area contributed by atoms with Crippen LogP contribution in [0.3, 0.4) is 0 Å². The Hall–Kier alpha value is -1.64. The van der Waals surface area contributed by atoms with Crippen LogP contribution in [0.15, 0.2) is 23.1 Å². The molecule has 0 bridgehead atoms. The average Bonchev–Trinajstić information content (AvgIpc) is 2.46. The van der Waals surface area contributed by atoms with Gasteiger partial charge in [-0.1, -0.05) is 0 Å². The topological polar surface area (TPSA) is 87.2 Å².